The highest BCUT2D eigenvalue weighted by Gasteiger charge is 2.40. The van der Waals surface area contributed by atoms with Gasteiger partial charge in [0, 0.05) is 32.5 Å². The van der Waals surface area contributed by atoms with E-state index in [4.69, 9.17) is 9.47 Å². The first-order valence-corrected chi connectivity index (χ1v) is 8.40. The maximum atomic E-state index is 5.82. The summed E-state index contributed by atoms with van der Waals surface area (Å²) in [7, 11) is 0. The molecule has 3 aliphatic rings. The van der Waals surface area contributed by atoms with Gasteiger partial charge in [-0.15, -0.1) is 0 Å². The first-order valence-electron chi connectivity index (χ1n) is 8.40. The van der Waals surface area contributed by atoms with Crippen molar-refractivity contribution in [2.24, 2.45) is 5.92 Å². The zero-order valence-corrected chi connectivity index (χ0v) is 12.7. The van der Waals surface area contributed by atoms with Crippen molar-refractivity contribution in [2.75, 3.05) is 32.8 Å². The van der Waals surface area contributed by atoms with E-state index in [1.807, 2.05) is 0 Å². The van der Waals surface area contributed by atoms with E-state index in [-0.39, 0.29) is 5.79 Å². The van der Waals surface area contributed by atoms with Crippen LogP contribution < -0.4 is 0 Å². The zero-order chi connectivity index (χ0) is 14.1. The molecule has 114 valence electrons. The number of aryl methyl sites for hydroxylation is 1. The molecular formula is C18H25NO2. The maximum absolute atomic E-state index is 5.82. The number of nitrogens with zero attached hydrogens (tertiary/aromatic N) is 1. The van der Waals surface area contributed by atoms with Crippen molar-refractivity contribution >= 4 is 0 Å². The van der Waals surface area contributed by atoms with E-state index in [9.17, 15) is 0 Å². The minimum absolute atomic E-state index is 0.227. The fourth-order valence-electron chi connectivity index (χ4n) is 4.16. The average molecular weight is 287 g/mol. The molecule has 0 aromatic heterocycles. The molecule has 0 N–H and O–H groups in total. The Bertz CT molecular complexity index is 486. The average Bonchev–Trinajstić information content (AvgIpc) is 2.98. The van der Waals surface area contributed by atoms with Gasteiger partial charge >= 0.3 is 0 Å². The number of likely N-dealkylation sites (tertiary alicyclic amines) is 1. The van der Waals surface area contributed by atoms with Gasteiger partial charge in [-0.05, 0) is 36.3 Å². The summed E-state index contributed by atoms with van der Waals surface area (Å²) in [5, 5.41) is 0. The van der Waals surface area contributed by atoms with Gasteiger partial charge in [0.2, 0.25) is 0 Å². The van der Waals surface area contributed by atoms with Crippen LogP contribution in [-0.2, 0) is 22.3 Å². The van der Waals surface area contributed by atoms with Crippen LogP contribution in [0.3, 0.4) is 0 Å². The fourth-order valence-corrected chi connectivity index (χ4v) is 4.16. The molecule has 2 aliphatic heterocycles. The summed E-state index contributed by atoms with van der Waals surface area (Å²) in [5.74, 6) is 0.592. The normalized spacial score (nSPS) is 28.7. The Labute approximate surface area is 127 Å². The maximum Gasteiger partial charge on any atom is 0.170 e. The molecule has 1 aromatic rings. The zero-order valence-electron chi connectivity index (χ0n) is 12.7. The minimum atomic E-state index is -0.227. The van der Waals surface area contributed by atoms with E-state index in [0.29, 0.717) is 0 Å². The monoisotopic (exact) mass is 287 g/mol. The summed E-state index contributed by atoms with van der Waals surface area (Å²) in [6.07, 6.45) is 5.92. The third-order valence-electron chi connectivity index (χ3n) is 5.40. The van der Waals surface area contributed by atoms with Crippen molar-refractivity contribution in [3.8, 4) is 0 Å². The van der Waals surface area contributed by atoms with Crippen LogP contribution >= 0.6 is 0 Å². The molecule has 4 rings (SSSR count). The molecule has 21 heavy (non-hydrogen) atoms. The smallest absolute Gasteiger partial charge is 0.170 e. The van der Waals surface area contributed by atoms with Gasteiger partial charge in [-0.25, -0.2) is 0 Å². The molecule has 1 atom stereocenters. The summed E-state index contributed by atoms with van der Waals surface area (Å²) >= 11 is 0. The third kappa shape index (κ3) is 2.87. The Morgan fingerprint density at radius 2 is 1.76 bits per heavy atom. The second-order valence-electron chi connectivity index (χ2n) is 6.79. The van der Waals surface area contributed by atoms with E-state index in [1.165, 1.54) is 25.8 Å². The number of fused-ring (bicyclic) bond motifs is 1. The van der Waals surface area contributed by atoms with Crippen LogP contribution in [0.2, 0.25) is 0 Å². The molecule has 1 aliphatic carbocycles. The van der Waals surface area contributed by atoms with Gasteiger partial charge in [-0.1, -0.05) is 24.3 Å². The Balaban J connectivity index is 1.32. The third-order valence-corrected chi connectivity index (χ3v) is 5.40. The number of hydrogen-bond donors (Lipinski definition) is 0. The van der Waals surface area contributed by atoms with Gasteiger partial charge < -0.3 is 14.4 Å². The summed E-state index contributed by atoms with van der Waals surface area (Å²) in [6, 6.07) is 8.96. The SMILES string of the molecule is c1ccc2c(c1)CCC(CN1CCC3(CC1)OCCO3)C2. The molecule has 0 saturated carbocycles. The van der Waals surface area contributed by atoms with Crippen LogP contribution in [0.4, 0.5) is 0 Å². The van der Waals surface area contributed by atoms with Crippen molar-refractivity contribution in [2.45, 2.75) is 37.9 Å². The van der Waals surface area contributed by atoms with Gasteiger partial charge in [0.15, 0.2) is 5.79 Å². The Kier molecular flexibility index (Phi) is 3.74. The Hall–Kier alpha value is -0.900. The first kappa shape index (κ1) is 13.7. The van der Waals surface area contributed by atoms with Gasteiger partial charge in [-0.2, -0.15) is 0 Å². The molecule has 2 heterocycles. The predicted molar refractivity (Wildman–Crippen MR) is 82.3 cm³/mol. The van der Waals surface area contributed by atoms with Crippen LogP contribution in [0.25, 0.3) is 0 Å². The standard InChI is InChI=1S/C18H25NO2/c1-2-4-17-13-15(5-6-16(17)3-1)14-19-9-7-18(8-10-19)20-11-12-21-18/h1-4,15H,5-14H2. The molecule has 1 spiro atoms. The Morgan fingerprint density at radius 3 is 2.52 bits per heavy atom. The fraction of sp³-hybridized carbons (Fsp3) is 0.667. The van der Waals surface area contributed by atoms with Gasteiger partial charge in [0.05, 0.1) is 13.2 Å². The van der Waals surface area contributed by atoms with Crippen molar-refractivity contribution < 1.29 is 9.47 Å². The van der Waals surface area contributed by atoms with Crippen molar-refractivity contribution in [3.63, 3.8) is 0 Å². The quantitative estimate of drug-likeness (QED) is 0.834. The number of ether oxygens (including phenoxy) is 2. The largest absolute Gasteiger partial charge is 0.347 e. The van der Waals surface area contributed by atoms with Crippen LogP contribution in [0.1, 0.15) is 30.4 Å². The molecule has 0 bridgehead atoms. The van der Waals surface area contributed by atoms with E-state index in [1.54, 1.807) is 11.1 Å². The van der Waals surface area contributed by atoms with E-state index in [2.05, 4.69) is 29.2 Å². The summed E-state index contributed by atoms with van der Waals surface area (Å²) in [4.78, 5) is 2.62. The lowest BCUT2D eigenvalue weighted by molar-refractivity contribution is -0.185. The molecular weight excluding hydrogens is 262 g/mol. The van der Waals surface area contributed by atoms with Crippen LogP contribution in [-0.4, -0.2) is 43.5 Å². The molecule has 1 aromatic carbocycles. The number of piperidine rings is 1. The lowest BCUT2D eigenvalue weighted by atomic mass is 9.83. The number of hydrogen-bond acceptors (Lipinski definition) is 3. The highest BCUT2D eigenvalue weighted by molar-refractivity contribution is 5.29. The molecule has 2 saturated heterocycles. The Morgan fingerprint density at radius 1 is 1.05 bits per heavy atom. The van der Waals surface area contributed by atoms with Crippen LogP contribution in [0.5, 0.6) is 0 Å². The molecule has 3 heteroatoms. The predicted octanol–water partition coefficient (Wildman–Crippen LogP) is 2.63. The van der Waals surface area contributed by atoms with Crippen molar-refractivity contribution in [1.82, 2.24) is 4.90 Å². The molecule has 2 fully saturated rings. The van der Waals surface area contributed by atoms with Gasteiger partial charge in [0.25, 0.3) is 0 Å². The van der Waals surface area contributed by atoms with Crippen LogP contribution in [0.15, 0.2) is 24.3 Å². The second kappa shape index (κ2) is 5.71. The highest BCUT2D eigenvalue weighted by Crippen LogP contribution is 2.32. The van der Waals surface area contributed by atoms with E-state index in [0.717, 1.165) is 45.1 Å². The topological polar surface area (TPSA) is 21.7 Å². The van der Waals surface area contributed by atoms with E-state index >= 15 is 0 Å². The second-order valence-corrected chi connectivity index (χ2v) is 6.79. The summed E-state index contributed by atoms with van der Waals surface area (Å²) in [5.41, 5.74) is 3.14. The highest BCUT2D eigenvalue weighted by atomic mass is 16.7. The van der Waals surface area contributed by atoms with Crippen molar-refractivity contribution in [3.05, 3.63) is 35.4 Å². The first-order chi connectivity index (χ1) is 10.3. The molecule has 0 amide bonds. The molecule has 0 radical (unpaired) electrons. The summed E-state index contributed by atoms with van der Waals surface area (Å²) < 4.78 is 11.6. The molecule has 1 unspecified atom stereocenters. The van der Waals surface area contributed by atoms with Crippen LogP contribution in [0, 0.1) is 5.92 Å². The van der Waals surface area contributed by atoms with Crippen molar-refractivity contribution in [1.29, 1.82) is 0 Å². The number of benzene rings is 1. The molecule has 3 nitrogen and oxygen atoms in total. The lowest BCUT2D eigenvalue weighted by Gasteiger charge is -2.39. The minimum Gasteiger partial charge on any atom is -0.347 e. The summed E-state index contributed by atoms with van der Waals surface area (Å²) in [6.45, 7) is 5.04. The van der Waals surface area contributed by atoms with E-state index < -0.39 is 0 Å². The van der Waals surface area contributed by atoms with Gasteiger partial charge in [0.1, 0.15) is 0 Å². The number of rotatable bonds is 2. The lowest BCUT2D eigenvalue weighted by Crippen LogP contribution is -2.46. The van der Waals surface area contributed by atoms with Gasteiger partial charge in [-0.3, -0.25) is 0 Å².